The predicted octanol–water partition coefficient (Wildman–Crippen LogP) is 4.42. The van der Waals surface area contributed by atoms with Gasteiger partial charge in [-0.25, -0.2) is 4.98 Å². The van der Waals surface area contributed by atoms with Gasteiger partial charge in [0.25, 0.3) is 0 Å². The normalized spacial score (nSPS) is 10.8. The molecule has 0 fully saturated rings. The molecule has 0 aliphatic heterocycles. The number of fused-ring (bicyclic) bond motifs is 1. The van der Waals surface area contributed by atoms with Crippen LogP contribution in [0.5, 0.6) is 23.0 Å². The van der Waals surface area contributed by atoms with Crippen molar-refractivity contribution in [1.29, 1.82) is 0 Å². The highest BCUT2D eigenvalue weighted by atomic mass is 79.9. The number of methoxy groups -OCH3 is 3. The lowest BCUT2D eigenvalue weighted by Gasteiger charge is -2.12. The highest BCUT2D eigenvalue weighted by Gasteiger charge is 2.16. The van der Waals surface area contributed by atoms with Gasteiger partial charge in [-0.3, -0.25) is 0 Å². The number of rotatable bonds is 6. The summed E-state index contributed by atoms with van der Waals surface area (Å²) >= 11 is 3.54. The zero-order valence-electron chi connectivity index (χ0n) is 14.5. The molecule has 0 amide bonds. The largest absolute Gasteiger partial charge is 0.493 e. The van der Waals surface area contributed by atoms with Crippen molar-refractivity contribution in [1.82, 2.24) is 9.97 Å². The maximum Gasteiger partial charge on any atom is 0.175 e. The van der Waals surface area contributed by atoms with Crippen LogP contribution in [-0.2, 0) is 0 Å². The standard InChI is InChI=1S/C18H19BrN2O4/c1-5-25-17-11(19)6-10(7-16(17)24-4)18-20-12-8-14(22-2)15(23-3)9-13(12)21-18/h6-9H,5H2,1-4H3,(H,20,21). The number of nitrogens with zero attached hydrogens (tertiary/aromatic N) is 1. The molecule has 6 nitrogen and oxygen atoms in total. The molecule has 0 spiro atoms. The quantitative estimate of drug-likeness (QED) is 0.656. The van der Waals surface area contributed by atoms with E-state index in [4.69, 9.17) is 18.9 Å². The minimum absolute atomic E-state index is 0.554. The van der Waals surface area contributed by atoms with Crippen molar-refractivity contribution < 1.29 is 18.9 Å². The summed E-state index contributed by atoms with van der Waals surface area (Å²) in [6.07, 6.45) is 0. The molecule has 3 aromatic rings. The van der Waals surface area contributed by atoms with Crippen LogP contribution in [0.3, 0.4) is 0 Å². The second-order valence-corrected chi connectivity index (χ2v) is 6.09. The third-order valence-electron chi connectivity index (χ3n) is 3.78. The lowest BCUT2D eigenvalue weighted by Crippen LogP contribution is -1.97. The van der Waals surface area contributed by atoms with E-state index in [0.717, 1.165) is 21.1 Å². The Kier molecular flexibility index (Phi) is 5.03. The molecule has 132 valence electrons. The van der Waals surface area contributed by atoms with Gasteiger partial charge >= 0.3 is 0 Å². The molecular formula is C18H19BrN2O4. The molecule has 0 radical (unpaired) electrons. The van der Waals surface area contributed by atoms with Crippen LogP contribution in [0.25, 0.3) is 22.4 Å². The minimum atomic E-state index is 0.554. The van der Waals surface area contributed by atoms with Crippen LogP contribution >= 0.6 is 15.9 Å². The Morgan fingerprint density at radius 2 is 1.64 bits per heavy atom. The Morgan fingerprint density at radius 1 is 0.960 bits per heavy atom. The predicted molar refractivity (Wildman–Crippen MR) is 100 cm³/mol. The first-order chi connectivity index (χ1) is 12.1. The van der Waals surface area contributed by atoms with Gasteiger partial charge in [0.15, 0.2) is 23.0 Å². The summed E-state index contributed by atoms with van der Waals surface area (Å²) in [5, 5.41) is 0. The maximum atomic E-state index is 5.63. The third kappa shape index (κ3) is 3.24. The summed E-state index contributed by atoms with van der Waals surface area (Å²) in [5.41, 5.74) is 2.52. The Bertz CT molecular complexity index is 867. The van der Waals surface area contributed by atoms with Crippen LogP contribution in [-0.4, -0.2) is 37.9 Å². The average molecular weight is 407 g/mol. The second-order valence-electron chi connectivity index (χ2n) is 5.23. The van der Waals surface area contributed by atoms with Crippen LogP contribution in [0.2, 0.25) is 0 Å². The number of H-pyrrole nitrogens is 1. The van der Waals surface area contributed by atoms with Crippen LogP contribution < -0.4 is 18.9 Å². The molecule has 0 saturated carbocycles. The molecule has 1 heterocycles. The molecule has 0 aliphatic rings. The van der Waals surface area contributed by atoms with E-state index in [1.54, 1.807) is 21.3 Å². The van der Waals surface area contributed by atoms with Gasteiger partial charge in [-0.05, 0) is 35.0 Å². The molecular weight excluding hydrogens is 388 g/mol. The topological polar surface area (TPSA) is 65.6 Å². The molecule has 3 rings (SSSR count). The third-order valence-corrected chi connectivity index (χ3v) is 4.37. The van der Waals surface area contributed by atoms with Crippen molar-refractivity contribution in [2.75, 3.05) is 27.9 Å². The maximum absolute atomic E-state index is 5.63. The van der Waals surface area contributed by atoms with Crippen LogP contribution in [0, 0.1) is 0 Å². The van der Waals surface area contributed by atoms with Crippen molar-refractivity contribution in [2.45, 2.75) is 6.92 Å². The highest BCUT2D eigenvalue weighted by Crippen LogP contribution is 2.40. The molecule has 25 heavy (non-hydrogen) atoms. The fourth-order valence-corrected chi connectivity index (χ4v) is 3.17. The summed E-state index contributed by atoms with van der Waals surface area (Å²) in [5.74, 6) is 3.32. The summed E-state index contributed by atoms with van der Waals surface area (Å²) in [4.78, 5) is 7.95. The second kappa shape index (κ2) is 7.23. The van der Waals surface area contributed by atoms with Gasteiger partial charge in [0, 0.05) is 17.7 Å². The molecule has 2 aromatic carbocycles. The van der Waals surface area contributed by atoms with Crippen LogP contribution in [0.15, 0.2) is 28.7 Å². The van der Waals surface area contributed by atoms with E-state index in [1.165, 1.54) is 0 Å². The number of hydrogen-bond acceptors (Lipinski definition) is 5. The molecule has 1 N–H and O–H groups in total. The molecule has 0 atom stereocenters. The van der Waals surface area contributed by atoms with Gasteiger partial charge in [-0.2, -0.15) is 0 Å². The Morgan fingerprint density at radius 3 is 2.28 bits per heavy atom. The van der Waals surface area contributed by atoms with E-state index in [9.17, 15) is 0 Å². The summed E-state index contributed by atoms with van der Waals surface area (Å²) in [6.45, 7) is 2.48. The monoisotopic (exact) mass is 406 g/mol. The molecule has 0 unspecified atom stereocenters. The lowest BCUT2D eigenvalue weighted by atomic mass is 10.2. The first-order valence-electron chi connectivity index (χ1n) is 7.73. The minimum Gasteiger partial charge on any atom is -0.493 e. The fourth-order valence-electron chi connectivity index (χ4n) is 2.61. The number of aromatic amines is 1. The highest BCUT2D eigenvalue weighted by molar-refractivity contribution is 9.10. The van der Waals surface area contributed by atoms with Crippen molar-refractivity contribution >= 4 is 27.0 Å². The van der Waals surface area contributed by atoms with E-state index in [2.05, 4.69) is 25.9 Å². The SMILES string of the molecule is CCOc1c(Br)cc(-c2nc3cc(OC)c(OC)cc3[nH]2)cc1OC. The number of halogens is 1. The molecule has 0 bridgehead atoms. The molecule has 0 aliphatic carbocycles. The van der Waals surface area contributed by atoms with Crippen molar-refractivity contribution in [3.63, 3.8) is 0 Å². The number of aromatic nitrogens is 2. The molecule has 7 heteroatoms. The van der Waals surface area contributed by atoms with Crippen LogP contribution in [0.1, 0.15) is 6.92 Å². The van der Waals surface area contributed by atoms with Gasteiger partial charge in [0.05, 0.1) is 43.4 Å². The van der Waals surface area contributed by atoms with Gasteiger partial charge in [0.1, 0.15) is 5.82 Å². The van der Waals surface area contributed by atoms with Gasteiger partial charge in [-0.1, -0.05) is 0 Å². The van der Waals surface area contributed by atoms with Gasteiger partial charge < -0.3 is 23.9 Å². The van der Waals surface area contributed by atoms with Crippen LogP contribution in [0.4, 0.5) is 0 Å². The lowest BCUT2D eigenvalue weighted by molar-refractivity contribution is 0.309. The first-order valence-corrected chi connectivity index (χ1v) is 8.53. The van der Waals surface area contributed by atoms with Crippen molar-refractivity contribution in [3.8, 4) is 34.4 Å². The molecule has 1 aromatic heterocycles. The van der Waals surface area contributed by atoms with E-state index in [1.807, 2.05) is 31.2 Å². The Balaban J connectivity index is 2.11. The first kappa shape index (κ1) is 17.4. The van der Waals surface area contributed by atoms with Gasteiger partial charge in [0.2, 0.25) is 0 Å². The number of benzene rings is 2. The summed E-state index contributed by atoms with van der Waals surface area (Å²) in [6, 6.07) is 7.54. The fraction of sp³-hybridized carbons (Fsp3) is 0.278. The van der Waals surface area contributed by atoms with Crippen molar-refractivity contribution in [2.24, 2.45) is 0 Å². The number of hydrogen-bond donors (Lipinski definition) is 1. The summed E-state index contributed by atoms with van der Waals surface area (Å²) < 4.78 is 22.6. The van der Waals surface area contributed by atoms with Crippen molar-refractivity contribution in [3.05, 3.63) is 28.7 Å². The Labute approximate surface area is 154 Å². The van der Waals surface area contributed by atoms with E-state index >= 15 is 0 Å². The van der Waals surface area contributed by atoms with Gasteiger partial charge in [-0.15, -0.1) is 0 Å². The number of nitrogens with one attached hydrogen (secondary N) is 1. The number of ether oxygens (including phenoxy) is 4. The van der Waals surface area contributed by atoms with E-state index in [0.29, 0.717) is 35.4 Å². The zero-order chi connectivity index (χ0) is 18.0. The Hall–Kier alpha value is -2.41. The van der Waals surface area contributed by atoms with E-state index < -0.39 is 0 Å². The zero-order valence-corrected chi connectivity index (χ0v) is 16.1. The smallest absolute Gasteiger partial charge is 0.175 e. The number of imidazole rings is 1. The summed E-state index contributed by atoms with van der Waals surface area (Å²) in [7, 11) is 4.82. The molecule has 0 saturated heterocycles. The average Bonchev–Trinajstić information content (AvgIpc) is 3.04. The van der Waals surface area contributed by atoms with E-state index in [-0.39, 0.29) is 0 Å².